The van der Waals surface area contributed by atoms with Gasteiger partial charge in [-0.2, -0.15) is 0 Å². The fourth-order valence-electron chi connectivity index (χ4n) is 9.02. The van der Waals surface area contributed by atoms with E-state index in [1.807, 2.05) is 30.3 Å². The van der Waals surface area contributed by atoms with Gasteiger partial charge in [-0.15, -0.1) is 0 Å². The van der Waals surface area contributed by atoms with Crippen molar-refractivity contribution < 1.29 is 4.42 Å². The third-order valence-electron chi connectivity index (χ3n) is 11.4. The molecule has 0 spiro atoms. The molecule has 10 aromatic rings. The topological polar surface area (TPSA) is 38.9 Å². The van der Waals surface area contributed by atoms with Crippen molar-refractivity contribution in [3.8, 4) is 56.2 Å². The lowest BCUT2D eigenvalue weighted by atomic mass is 9.67. The average molecular weight is 715 g/mol. The van der Waals surface area contributed by atoms with E-state index in [0.717, 1.165) is 55.6 Å². The highest BCUT2D eigenvalue weighted by Crippen LogP contribution is 2.58. The van der Waals surface area contributed by atoms with Crippen LogP contribution in [-0.4, -0.2) is 9.97 Å². The Morgan fingerprint density at radius 1 is 0.375 bits per heavy atom. The van der Waals surface area contributed by atoms with Crippen LogP contribution in [0.15, 0.2) is 211 Å². The molecule has 56 heavy (non-hydrogen) atoms. The molecule has 1 aliphatic carbocycles. The van der Waals surface area contributed by atoms with E-state index >= 15 is 0 Å². The van der Waals surface area contributed by atoms with Crippen LogP contribution in [0.1, 0.15) is 22.3 Å². The summed E-state index contributed by atoms with van der Waals surface area (Å²) in [5.74, 6) is 0.670. The van der Waals surface area contributed by atoms with Crippen LogP contribution in [0.3, 0.4) is 0 Å². The predicted molar refractivity (Wildman–Crippen MR) is 228 cm³/mol. The first-order chi connectivity index (χ1) is 27.8. The third kappa shape index (κ3) is 4.91. The van der Waals surface area contributed by atoms with E-state index in [-0.39, 0.29) is 0 Å². The molecule has 0 unspecified atom stereocenters. The van der Waals surface area contributed by atoms with E-state index in [0.29, 0.717) is 5.82 Å². The van der Waals surface area contributed by atoms with Crippen LogP contribution in [-0.2, 0) is 5.41 Å². The number of para-hydroxylation sites is 1. The van der Waals surface area contributed by atoms with Crippen molar-refractivity contribution in [1.29, 1.82) is 0 Å². The van der Waals surface area contributed by atoms with E-state index in [2.05, 4.69) is 176 Å². The Bertz CT molecular complexity index is 3040. The van der Waals surface area contributed by atoms with E-state index in [1.54, 1.807) is 0 Å². The number of benzene rings is 8. The summed E-state index contributed by atoms with van der Waals surface area (Å²) in [6, 6.07) is 73.3. The van der Waals surface area contributed by atoms with Gasteiger partial charge in [0.1, 0.15) is 11.2 Å². The molecule has 2 aromatic heterocycles. The number of aromatic nitrogens is 2. The highest BCUT2D eigenvalue weighted by Gasteiger charge is 2.46. The summed E-state index contributed by atoms with van der Waals surface area (Å²) in [7, 11) is 0. The van der Waals surface area contributed by atoms with E-state index in [4.69, 9.17) is 14.4 Å². The van der Waals surface area contributed by atoms with Crippen molar-refractivity contribution >= 4 is 21.9 Å². The van der Waals surface area contributed by atoms with E-state index < -0.39 is 5.41 Å². The molecule has 262 valence electrons. The molecule has 0 amide bonds. The van der Waals surface area contributed by atoms with Crippen molar-refractivity contribution in [2.75, 3.05) is 0 Å². The summed E-state index contributed by atoms with van der Waals surface area (Å²) in [4.78, 5) is 10.6. The van der Waals surface area contributed by atoms with Crippen molar-refractivity contribution in [2.24, 2.45) is 0 Å². The SMILES string of the molecule is c1ccc(-c2cc(-c3cccc4oc5ccccc5c34)nc(-c3cccc(-c4cccc5c4-c4ccccc4C5(c4ccccc4)c4ccccc4)c3)n2)cc1. The Kier molecular flexibility index (Phi) is 7.39. The first kappa shape index (κ1) is 32.1. The van der Waals surface area contributed by atoms with Crippen molar-refractivity contribution in [3.63, 3.8) is 0 Å². The normalized spacial score (nSPS) is 12.8. The summed E-state index contributed by atoms with van der Waals surface area (Å²) >= 11 is 0. The summed E-state index contributed by atoms with van der Waals surface area (Å²) in [6.45, 7) is 0. The molecule has 3 heteroatoms. The molecule has 1 aliphatic rings. The van der Waals surface area contributed by atoms with Crippen molar-refractivity contribution in [2.45, 2.75) is 5.41 Å². The van der Waals surface area contributed by atoms with Crippen LogP contribution in [0, 0.1) is 0 Å². The fraction of sp³-hybridized carbons (Fsp3) is 0.0189. The van der Waals surface area contributed by atoms with Crippen LogP contribution in [0.4, 0.5) is 0 Å². The largest absolute Gasteiger partial charge is 0.456 e. The average Bonchev–Trinajstić information content (AvgIpc) is 3.81. The molecule has 0 N–H and O–H groups in total. The molecular formula is C53H34N2O. The zero-order valence-corrected chi connectivity index (χ0v) is 30.4. The molecule has 0 bridgehead atoms. The second-order valence-corrected chi connectivity index (χ2v) is 14.4. The lowest BCUT2D eigenvalue weighted by Crippen LogP contribution is -2.28. The standard InChI is InChI=1S/C53H34N2O/c1-4-17-35(18-5-1)46-34-47(42-28-16-32-49-51(42)43-26-11-13-31-48(43)56-49)55-52(54-46)37-20-14-19-36(33-37)40-27-15-30-45-50(40)41-25-10-12-29-44(41)53(45,38-21-6-2-7-22-38)39-23-8-3-9-24-39/h1-34H. The maximum Gasteiger partial charge on any atom is 0.160 e. The molecule has 0 fully saturated rings. The van der Waals surface area contributed by atoms with Crippen LogP contribution >= 0.6 is 0 Å². The molecule has 0 aliphatic heterocycles. The molecule has 8 aromatic carbocycles. The van der Waals surface area contributed by atoms with Gasteiger partial charge in [-0.05, 0) is 68.8 Å². The van der Waals surface area contributed by atoms with Crippen LogP contribution in [0.5, 0.6) is 0 Å². The maximum absolute atomic E-state index is 6.30. The van der Waals surface area contributed by atoms with Crippen LogP contribution < -0.4 is 0 Å². The number of hydrogen-bond acceptors (Lipinski definition) is 3. The van der Waals surface area contributed by atoms with Crippen molar-refractivity contribution in [3.05, 3.63) is 229 Å². The van der Waals surface area contributed by atoms with Gasteiger partial charge >= 0.3 is 0 Å². The van der Waals surface area contributed by atoms with Crippen LogP contribution in [0.25, 0.3) is 78.1 Å². The number of rotatable bonds is 6. The maximum atomic E-state index is 6.30. The predicted octanol–water partition coefficient (Wildman–Crippen LogP) is 13.4. The lowest BCUT2D eigenvalue weighted by molar-refractivity contribution is 0.669. The highest BCUT2D eigenvalue weighted by atomic mass is 16.3. The molecule has 0 radical (unpaired) electrons. The summed E-state index contributed by atoms with van der Waals surface area (Å²) < 4.78 is 6.30. The van der Waals surface area contributed by atoms with Gasteiger partial charge in [0, 0.05) is 27.5 Å². The Balaban J connectivity index is 1.12. The van der Waals surface area contributed by atoms with E-state index in [1.165, 1.54) is 38.9 Å². The summed E-state index contributed by atoms with van der Waals surface area (Å²) in [5, 5.41) is 2.13. The fourth-order valence-corrected chi connectivity index (χ4v) is 9.02. The zero-order chi connectivity index (χ0) is 37.1. The second kappa shape index (κ2) is 12.9. The number of nitrogens with zero attached hydrogens (tertiary/aromatic N) is 2. The van der Waals surface area contributed by atoms with Crippen LogP contribution in [0.2, 0.25) is 0 Å². The molecule has 11 rings (SSSR count). The van der Waals surface area contributed by atoms with Gasteiger partial charge in [-0.25, -0.2) is 9.97 Å². The molecule has 0 atom stereocenters. The second-order valence-electron chi connectivity index (χ2n) is 14.4. The number of fused-ring (bicyclic) bond motifs is 6. The monoisotopic (exact) mass is 714 g/mol. The number of hydrogen-bond donors (Lipinski definition) is 0. The van der Waals surface area contributed by atoms with Gasteiger partial charge in [0.25, 0.3) is 0 Å². The Morgan fingerprint density at radius 3 is 1.73 bits per heavy atom. The Morgan fingerprint density at radius 2 is 0.929 bits per heavy atom. The van der Waals surface area contributed by atoms with Gasteiger partial charge in [0.15, 0.2) is 5.82 Å². The minimum atomic E-state index is -0.470. The zero-order valence-electron chi connectivity index (χ0n) is 30.4. The Hall–Kier alpha value is -7.36. The van der Waals surface area contributed by atoms with Gasteiger partial charge in [0.2, 0.25) is 0 Å². The quantitative estimate of drug-likeness (QED) is 0.172. The summed E-state index contributed by atoms with van der Waals surface area (Å²) in [5.41, 5.74) is 15.8. The van der Waals surface area contributed by atoms with Gasteiger partial charge in [-0.3, -0.25) is 0 Å². The lowest BCUT2D eigenvalue weighted by Gasteiger charge is -2.34. The van der Waals surface area contributed by atoms with Gasteiger partial charge < -0.3 is 4.42 Å². The minimum absolute atomic E-state index is 0.470. The third-order valence-corrected chi connectivity index (χ3v) is 11.4. The van der Waals surface area contributed by atoms with Crippen molar-refractivity contribution in [1.82, 2.24) is 9.97 Å². The molecule has 0 saturated carbocycles. The molecule has 3 nitrogen and oxygen atoms in total. The van der Waals surface area contributed by atoms with Gasteiger partial charge in [0.05, 0.1) is 16.8 Å². The smallest absolute Gasteiger partial charge is 0.160 e. The van der Waals surface area contributed by atoms with Gasteiger partial charge in [-0.1, -0.05) is 182 Å². The summed E-state index contributed by atoms with van der Waals surface area (Å²) in [6.07, 6.45) is 0. The molecule has 2 heterocycles. The Labute approximate surface area is 325 Å². The van der Waals surface area contributed by atoms with E-state index in [9.17, 15) is 0 Å². The highest BCUT2D eigenvalue weighted by molar-refractivity contribution is 6.12. The minimum Gasteiger partial charge on any atom is -0.456 e. The first-order valence-corrected chi connectivity index (χ1v) is 19.1. The molecule has 0 saturated heterocycles. The first-order valence-electron chi connectivity index (χ1n) is 19.1. The molecular weight excluding hydrogens is 681 g/mol. The number of furan rings is 1.